The second-order valence-corrected chi connectivity index (χ2v) is 7.94. The van der Waals surface area contributed by atoms with Gasteiger partial charge in [-0.1, -0.05) is 6.07 Å². The smallest absolute Gasteiger partial charge is 0.311 e. The van der Waals surface area contributed by atoms with E-state index in [-0.39, 0.29) is 23.8 Å². The molecular formula is C19H20N2O6S. The topological polar surface area (TPSA) is 102 Å². The molecule has 3 rings (SSSR count). The van der Waals surface area contributed by atoms with Crippen LogP contribution in [0, 0.1) is 5.92 Å². The first-order chi connectivity index (χ1) is 13.3. The van der Waals surface area contributed by atoms with Gasteiger partial charge in [-0.3, -0.25) is 14.3 Å². The van der Waals surface area contributed by atoms with Gasteiger partial charge in [-0.05, 0) is 36.4 Å². The highest BCUT2D eigenvalue weighted by Gasteiger charge is 2.35. The van der Waals surface area contributed by atoms with Crippen molar-refractivity contribution in [2.45, 2.75) is 11.3 Å². The Labute approximate surface area is 163 Å². The van der Waals surface area contributed by atoms with Crippen molar-refractivity contribution >= 4 is 33.3 Å². The first kappa shape index (κ1) is 19.7. The Kier molecular flexibility index (Phi) is 5.55. The minimum Gasteiger partial charge on any atom is -0.497 e. The maximum atomic E-state index is 12.6. The zero-order chi connectivity index (χ0) is 20.3. The monoisotopic (exact) mass is 404 g/mol. The van der Waals surface area contributed by atoms with E-state index >= 15 is 0 Å². The zero-order valence-electron chi connectivity index (χ0n) is 15.4. The highest BCUT2D eigenvalue weighted by Crippen LogP contribution is 2.27. The number of sulfonamides is 1. The summed E-state index contributed by atoms with van der Waals surface area (Å²) in [7, 11) is -1.02. The van der Waals surface area contributed by atoms with Crippen molar-refractivity contribution in [3.8, 4) is 5.75 Å². The second kappa shape index (κ2) is 7.89. The summed E-state index contributed by atoms with van der Waals surface area (Å²) in [6.45, 7) is 0.208. The van der Waals surface area contributed by atoms with Crippen LogP contribution in [0.2, 0.25) is 0 Å². The third-order valence-corrected chi connectivity index (χ3v) is 5.84. The van der Waals surface area contributed by atoms with Crippen molar-refractivity contribution in [1.29, 1.82) is 0 Å². The molecule has 2 aromatic rings. The van der Waals surface area contributed by atoms with Crippen LogP contribution in [0.5, 0.6) is 5.75 Å². The Balaban J connectivity index is 1.76. The Morgan fingerprint density at radius 1 is 1.14 bits per heavy atom. The number of amides is 1. The normalized spacial score (nSPS) is 16.7. The highest BCUT2D eigenvalue weighted by molar-refractivity contribution is 7.92. The van der Waals surface area contributed by atoms with E-state index in [4.69, 9.17) is 4.74 Å². The van der Waals surface area contributed by atoms with Gasteiger partial charge < -0.3 is 14.4 Å². The predicted molar refractivity (Wildman–Crippen MR) is 103 cm³/mol. The molecule has 1 N–H and O–H groups in total. The van der Waals surface area contributed by atoms with Crippen LogP contribution < -0.4 is 14.4 Å². The molecule has 0 radical (unpaired) electrons. The van der Waals surface area contributed by atoms with Gasteiger partial charge in [-0.15, -0.1) is 0 Å². The van der Waals surface area contributed by atoms with Gasteiger partial charge in [-0.2, -0.15) is 0 Å². The maximum Gasteiger partial charge on any atom is 0.311 e. The van der Waals surface area contributed by atoms with Crippen LogP contribution in [-0.4, -0.2) is 41.1 Å². The molecule has 0 aliphatic carbocycles. The third kappa shape index (κ3) is 4.09. The van der Waals surface area contributed by atoms with E-state index in [2.05, 4.69) is 9.46 Å². The predicted octanol–water partition coefficient (Wildman–Crippen LogP) is 2.02. The average Bonchev–Trinajstić information content (AvgIpc) is 3.09. The van der Waals surface area contributed by atoms with Crippen molar-refractivity contribution in [3.63, 3.8) is 0 Å². The molecule has 0 saturated carbocycles. The number of hydrogen-bond acceptors (Lipinski definition) is 6. The summed E-state index contributed by atoms with van der Waals surface area (Å²) in [6, 6.07) is 12.5. The van der Waals surface area contributed by atoms with Gasteiger partial charge in [0.25, 0.3) is 10.0 Å². The number of esters is 1. The molecule has 0 unspecified atom stereocenters. The molecule has 8 nitrogen and oxygen atoms in total. The molecular weight excluding hydrogens is 384 g/mol. The van der Waals surface area contributed by atoms with Crippen molar-refractivity contribution in [2.75, 3.05) is 30.4 Å². The van der Waals surface area contributed by atoms with Crippen LogP contribution in [0.15, 0.2) is 53.4 Å². The summed E-state index contributed by atoms with van der Waals surface area (Å²) < 4.78 is 37.4. The van der Waals surface area contributed by atoms with Gasteiger partial charge in [0.2, 0.25) is 5.91 Å². The highest BCUT2D eigenvalue weighted by atomic mass is 32.2. The van der Waals surface area contributed by atoms with Gasteiger partial charge in [0.15, 0.2) is 0 Å². The molecule has 1 fully saturated rings. The summed E-state index contributed by atoms with van der Waals surface area (Å²) >= 11 is 0. The van der Waals surface area contributed by atoms with E-state index in [1.165, 1.54) is 43.4 Å². The van der Waals surface area contributed by atoms with Crippen LogP contribution in [0.1, 0.15) is 6.42 Å². The molecule has 1 heterocycles. The molecule has 1 amide bonds. The number of ether oxygens (including phenoxy) is 2. The van der Waals surface area contributed by atoms with Crippen LogP contribution in [0.4, 0.5) is 11.4 Å². The van der Waals surface area contributed by atoms with Crippen molar-refractivity contribution in [2.24, 2.45) is 5.92 Å². The minimum atomic E-state index is -3.80. The van der Waals surface area contributed by atoms with Gasteiger partial charge in [0.1, 0.15) is 5.75 Å². The van der Waals surface area contributed by atoms with Gasteiger partial charge in [-0.25, -0.2) is 8.42 Å². The molecule has 2 aromatic carbocycles. The Morgan fingerprint density at radius 2 is 1.86 bits per heavy atom. The Morgan fingerprint density at radius 3 is 2.50 bits per heavy atom. The van der Waals surface area contributed by atoms with Gasteiger partial charge in [0, 0.05) is 24.7 Å². The molecule has 1 aliphatic rings. The maximum absolute atomic E-state index is 12.6. The molecule has 0 aromatic heterocycles. The lowest BCUT2D eigenvalue weighted by atomic mass is 10.1. The first-order valence-corrected chi connectivity index (χ1v) is 9.97. The van der Waals surface area contributed by atoms with Crippen molar-refractivity contribution in [1.82, 2.24) is 0 Å². The Hall–Kier alpha value is -3.07. The fraction of sp³-hybridized carbons (Fsp3) is 0.263. The number of nitrogens with zero attached hydrogens (tertiary/aromatic N) is 1. The van der Waals surface area contributed by atoms with E-state index in [1.54, 1.807) is 24.3 Å². The number of anilines is 2. The van der Waals surface area contributed by atoms with Crippen LogP contribution in [0.25, 0.3) is 0 Å². The molecule has 1 aliphatic heterocycles. The van der Waals surface area contributed by atoms with Crippen LogP contribution in [-0.2, 0) is 24.3 Å². The number of hydrogen-bond donors (Lipinski definition) is 1. The van der Waals surface area contributed by atoms with E-state index < -0.39 is 21.9 Å². The third-order valence-electron chi connectivity index (χ3n) is 4.44. The van der Waals surface area contributed by atoms with Gasteiger partial charge in [0.05, 0.1) is 30.7 Å². The lowest BCUT2D eigenvalue weighted by Crippen LogP contribution is -2.26. The van der Waals surface area contributed by atoms with E-state index in [1.807, 2.05) is 0 Å². The molecule has 148 valence electrons. The fourth-order valence-corrected chi connectivity index (χ4v) is 4.04. The summed E-state index contributed by atoms with van der Waals surface area (Å²) in [5.41, 5.74) is 0.899. The zero-order valence-corrected chi connectivity index (χ0v) is 16.2. The summed E-state index contributed by atoms with van der Waals surface area (Å²) in [5, 5.41) is 0. The van der Waals surface area contributed by atoms with Crippen molar-refractivity contribution in [3.05, 3.63) is 48.5 Å². The van der Waals surface area contributed by atoms with Gasteiger partial charge >= 0.3 is 5.97 Å². The quantitative estimate of drug-likeness (QED) is 0.739. The SMILES string of the molecule is COC(=O)[C@@H]1CC(=O)N(c2ccc(S(=O)(=O)Nc3cccc(OC)c3)cc2)C1. The number of benzene rings is 2. The number of carbonyl (C=O) groups is 2. The number of rotatable bonds is 6. The molecule has 0 bridgehead atoms. The summed E-state index contributed by atoms with van der Waals surface area (Å²) in [5.74, 6) is -0.628. The van der Waals surface area contributed by atoms with Crippen molar-refractivity contribution < 1.29 is 27.5 Å². The van der Waals surface area contributed by atoms with E-state index in [9.17, 15) is 18.0 Å². The second-order valence-electron chi connectivity index (χ2n) is 6.26. The first-order valence-electron chi connectivity index (χ1n) is 8.49. The molecule has 1 atom stereocenters. The van der Waals surface area contributed by atoms with E-state index in [0.717, 1.165) is 0 Å². The lowest BCUT2D eigenvalue weighted by Gasteiger charge is -2.17. The molecule has 9 heteroatoms. The molecule has 28 heavy (non-hydrogen) atoms. The molecule has 0 spiro atoms. The van der Waals surface area contributed by atoms with Crippen LogP contribution in [0.3, 0.4) is 0 Å². The standard InChI is InChI=1S/C19H20N2O6S/c1-26-16-5-3-4-14(11-16)20-28(24,25)17-8-6-15(7-9-17)21-12-13(10-18(21)22)19(23)27-2/h3-9,11,13,20H,10,12H2,1-2H3/t13-/m1/s1. The number of methoxy groups -OCH3 is 2. The average molecular weight is 404 g/mol. The number of carbonyl (C=O) groups excluding carboxylic acids is 2. The fourth-order valence-electron chi connectivity index (χ4n) is 2.99. The summed E-state index contributed by atoms with van der Waals surface area (Å²) in [4.78, 5) is 25.3. The molecule has 1 saturated heterocycles. The Bertz CT molecular complexity index is 988. The minimum absolute atomic E-state index is 0.0511. The largest absolute Gasteiger partial charge is 0.497 e. The number of nitrogens with one attached hydrogen (secondary N) is 1. The van der Waals surface area contributed by atoms with Crippen LogP contribution >= 0.6 is 0 Å². The lowest BCUT2D eigenvalue weighted by molar-refractivity contribution is -0.145. The van der Waals surface area contributed by atoms with E-state index in [0.29, 0.717) is 17.1 Å². The summed E-state index contributed by atoms with van der Waals surface area (Å²) in [6.07, 6.45) is 0.0735.